The Morgan fingerprint density at radius 1 is 0.879 bits per heavy atom. The molecule has 0 spiro atoms. The van der Waals surface area contributed by atoms with Crippen LogP contribution in [0.4, 0.5) is 18.9 Å². The van der Waals surface area contributed by atoms with Crippen LogP contribution in [0.2, 0.25) is 0 Å². The molecule has 9 heteroatoms. The van der Waals surface area contributed by atoms with Gasteiger partial charge in [-0.1, -0.05) is 24.3 Å². The van der Waals surface area contributed by atoms with Crippen molar-refractivity contribution in [1.82, 2.24) is 0 Å². The van der Waals surface area contributed by atoms with E-state index < -0.39 is 5.51 Å². The van der Waals surface area contributed by atoms with Gasteiger partial charge >= 0.3 is 5.51 Å². The van der Waals surface area contributed by atoms with E-state index in [1.807, 2.05) is 6.07 Å². The fraction of sp³-hybridized carbons (Fsp3) is 0.208. The van der Waals surface area contributed by atoms with Crippen LogP contribution in [0, 0.1) is 0 Å². The smallest absolute Gasteiger partial charge is 0.446 e. The van der Waals surface area contributed by atoms with Crippen molar-refractivity contribution in [3.05, 3.63) is 66.2 Å². The maximum atomic E-state index is 12.6. The molecule has 0 saturated heterocycles. The molecule has 1 amide bonds. The van der Waals surface area contributed by atoms with Gasteiger partial charge in [-0.3, -0.25) is 4.79 Å². The topological polar surface area (TPSA) is 56.8 Å². The largest absolute Gasteiger partial charge is 0.493 e. The SMILES string of the molecule is COc1cc(CC(=O)Nc2cccc(-c3ccc(SC(F)(F)F)cc3)c2)cc(OC)c1OC. The van der Waals surface area contributed by atoms with Crippen molar-refractivity contribution >= 4 is 23.4 Å². The lowest BCUT2D eigenvalue weighted by atomic mass is 10.0. The van der Waals surface area contributed by atoms with Crippen molar-refractivity contribution in [3.8, 4) is 28.4 Å². The molecule has 0 heterocycles. The minimum Gasteiger partial charge on any atom is -0.493 e. The van der Waals surface area contributed by atoms with Crippen LogP contribution < -0.4 is 19.5 Å². The third kappa shape index (κ3) is 6.58. The number of nitrogens with one attached hydrogen (secondary N) is 1. The van der Waals surface area contributed by atoms with Gasteiger partial charge in [-0.15, -0.1) is 0 Å². The quantitative estimate of drug-likeness (QED) is 0.393. The van der Waals surface area contributed by atoms with E-state index in [1.54, 1.807) is 42.5 Å². The van der Waals surface area contributed by atoms with Crippen LogP contribution >= 0.6 is 11.8 Å². The monoisotopic (exact) mass is 477 g/mol. The summed E-state index contributed by atoms with van der Waals surface area (Å²) in [5, 5.41) is 2.84. The summed E-state index contributed by atoms with van der Waals surface area (Å²) in [5.41, 5.74) is -1.58. The molecule has 0 bridgehead atoms. The van der Waals surface area contributed by atoms with Crippen LogP contribution in [0.1, 0.15) is 5.56 Å². The first-order chi connectivity index (χ1) is 15.7. The lowest BCUT2D eigenvalue weighted by Crippen LogP contribution is -2.14. The van der Waals surface area contributed by atoms with E-state index in [0.29, 0.717) is 28.5 Å². The second kappa shape index (κ2) is 10.5. The number of hydrogen-bond donors (Lipinski definition) is 1. The van der Waals surface area contributed by atoms with Gasteiger partial charge in [0.15, 0.2) is 11.5 Å². The Hall–Kier alpha value is -3.33. The number of hydrogen-bond acceptors (Lipinski definition) is 5. The lowest BCUT2D eigenvalue weighted by Gasteiger charge is -2.14. The minimum atomic E-state index is -4.33. The number of thioether (sulfide) groups is 1. The molecule has 0 fully saturated rings. The molecule has 0 aliphatic carbocycles. The summed E-state index contributed by atoms with van der Waals surface area (Å²) in [7, 11) is 4.50. The number of alkyl halides is 3. The fourth-order valence-corrected chi connectivity index (χ4v) is 3.79. The molecular weight excluding hydrogens is 455 g/mol. The third-order valence-corrected chi connectivity index (χ3v) is 5.40. The fourth-order valence-electron chi connectivity index (χ4n) is 3.25. The first-order valence-corrected chi connectivity index (χ1v) is 10.6. The Balaban J connectivity index is 1.72. The summed E-state index contributed by atoms with van der Waals surface area (Å²) in [6.07, 6.45) is 0.0737. The first-order valence-electron chi connectivity index (χ1n) is 9.77. The number of methoxy groups -OCH3 is 3. The van der Waals surface area contributed by atoms with Gasteiger partial charge < -0.3 is 19.5 Å². The Morgan fingerprint density at radius 2 is 1.52 bits per heavy atom. The highest BCUT2D eigenvalue weighted by atomic mass is 32.2. The van der Waals surface area contributed by atoms with E-state index in [0.717, 1.165) is 11.1 Å². The normalized spacial score (nSPS) is 11.1. The van der Waals surface area contributed by atoms with Crippen molar-refractivity contribution in [2.75, 3.05) is 26.6 Å². The molecule has 0 unspecified atom stereocenters. The predicted molar refractivity (Wildman–Crippen MR) is 122 cm³/mol. The van der Waals surface area contributed by atoms with Crippen molar-refractivity contribution in [3.63, 3.8) is 0 Å². The summed E-state index contributed by atoms with van der Waals surface area (Å²) in [5.74, 6) is 1.09. The second-order valence-corrected chi connectivity index (χ2v) is 8.05. The molecule has 3 aromatic carbocycles. The van der Waals surface area contributed by atoms with Gasteiger partial charge in [-0.05, 0) is 64.9 Å². The third-order valence-electron chi connectivity index (χ3n) is 4.66. The molecule has 3 aromatic rings. The van der Waals surface area contributed by atoms with Crippen LogP contribution in [0.15, 0.2) is 65.6 Å². The van der Waals surface area contributed by atoms with E-state index in [1.165, 1.54) is 33.5 Å². The highest BCUT2D eigenvalue weighted by Crippen LogP contribution is 2.39. The second-order valence-electron chi connectivity index (χ2n) is 6.91. The van der Waals surface area contributed by atoms with Gasteiger partial charge in [0, 0.05) is 10.6 Å². The predicted octanol–water partition coefficient (Wildman–Crippen LogP) is 6.17. The van der Waals surface area contributed by atoms with Crippen molar-refractivity contribution in [2.45, 2.75) is 16.8 Å². The molecule has 33 heavy (non-hydrogen) atoms. The van der Waals surface area contributed by atoms with Gasteiger partial charge in [0.25, 0.3) is 0 Å². The van der Waals surface area contributed by atoms with Gasteiger partial charge in [-0.2, -0.15) is 13.2 Å². The maximum Gasteiger partial charge on any atom is 0.446 e. The standard InChI is InChI=1S/C24H22F3NO4S/c1-30-20-11-15(12-21(31-2)23(20)32-3)13-22(29)28-18-6-4-5-17(14-18)16-7-9-19(10-8-16)33-24(25,26)27/h4-12,14H,13H2,1-3H3,(H,28,29). The van der Waals surface area contributed by atoms with Crippen LogP contribution in [0.25, 0.3) is 11.1 Å². The molecule has 5 nitrogen and oxygen atoms in total. The number of carbonyl (C=O) groups is 1. The van der Waals surface area contributed by atoms with Crippen LogP contribution in [0.5, 0.6) is 17.2 Å². The lowest BCUT2D eigenvalue weighted by molar-refractivity contribution is -0.115. The molecule has 0 atom stereocenters. The van der Waals surface area contributed by atoms with Crippen molar-refractivity contribution in [2.24, 2.45) is 0 Å². The van der Waals surface area contributed by atoms with E-state index in [2.05, 4.69) is 5.32 Å². The van der Waals surface area contributed by atoms with Gasteiger partial charge in [0.2, 0.25) is 11.7 Å². The molecule has 174 valence electrons. The van der Waals surface area contributed by atoms with E-state index in [9.17, 15) is 18.0 Å². The summed E-state index contributed by atoms with van der Waals surface area (Å²) in [6, 6.07) is 16.6. The molecule has 1 N–H and O–H groups in total. The summed E-state index contributed by atoms with van der Waals surface area (Å²) in [6.45, 7) is 0. The Bertz CT molecular complexity index is 1090. The van der Waals surface area contributed by atoms with Crippen LogP contribution in [0.3, 0.4) is 0 Å². The molecular formula is C24H22F3NO4S. The molecule has 0 aliphatic heterocycles. The molecule has 0 saturated carbocycles. The summed E-state index contributed by atoms with van der Waals surface area (Å²) < 4.78 is 53.5. The average molecular weight is 478 g/mol. The van der Waals surface area contributed by atoms with Gasteiger partial charge in [0.1, 0.15) is 0 Å². The maximum absolute atomic E-state index is 12.6. The van der Waals surface area contributed by atoms with E-state index >= 15 is 0 Å². The van der Waals surface area contributed by atoms with E-state index in [4.69, 9.17) is 14.2 Å². The zero-order chi connectivity index (χ0) is 24.0. The Kier molecular flexibility index (Phi) is 7.75. The minimum absolute atomic E-state index is 0.0737. The van der Waals surface area contributed by atoms with Gasteiger partial charge in [0.05, 0.1) is 27.8 Å². The number of carbonyl (C=O) groups excluding carboxylic acids is 1. The van der Waals surface area contributed by atoms with Crippen LogP contribution in [-0.4, -0.2) is 32.7 Å². The van der Waals surface area contributed by atoms with Crippen molar-refractivity contribution in [1.29, 1.82) is 0 Å². The number of amides is 1. The average Bonchev–Trinajstić information content (AvgIpc) is 2.77. The molecule has 0 aliphatic rings. The Morgan fingerprint density at radius 3 is 2.06 bits per heavy atom. The number of halogens is 3. The van der Waals surface area contributed by atoms with Gasteiger partial charge in [-0.25, -0.2) is 0 Å². The molecule has 0 radical (unpaired) electrons. The highest BCUT2D eigenvalue weighted by Gasteiger charge is 2.29. The van der Waals surface area contributed by atoms with E-state index in [-0.39, 0.29) is 29.0 Å². The number of rotatable bonds is 8. The molecule has 3 rings (SSSR count). The number of ether oxygens (including phenoxy) is 3. The van der Waals surface area contributed by atoms with Crippen LogP contribution in [-0.2, 0) is 11.2 Å². The number of anilines is 1. The molecule has 0 aromatic heterocycles. The highest BCUT2D eigenvalue weighted by molar-refractivity contribution is 8.00. The first kappa shape index (κ1) is 24.3. The zero-order valence-corrected chi connectivity index (χ0v) is 19.0. The summed E-state index contributed by atoms with van der Waals surface area (Å²) >= 11 is -0.158. The number of benzene rings is 3. The Labute approximate surface area is 193 Å². The zero-order valence-electron chi connectivity index (χ0n) is 18.2. The van der Waals surface area contributed by atoms with Crippen molar-refractivity contribution < 1.29 is 32.2 Å². The summed E-state index contributed by atoms with van der Waals surface area (Å²) in [4.78, 5) is 12.7.